The summed E-state index contributed by atoms with van der Waals surface area (Å²) in [5, 5.41) is 0. The second-order valence-electron chi connectivity index (χ2n) is 3.81. The molecule has 1 atom stereocenters. The van der Waals surface area contributed by atoms with E-state index in [4.69, 9.17) is 5.73 Å². The normalized spacial score (nSPS) is 19.6. The SMILES string of the molecule is CS(=O)(=O)N1c2ccccc2CC1C(N)=O. The van der Waals surface area contributed by atoms with Crippen LogP contribution in [0.2, 0.25) is 0 Å². The number of nitrogens with two attached hydrogens (primary N) is 1. The van der Waals surface area contributed by atoms with E-state index < -0.39 is 22.0 Å². The Morgan fingerprint density at radius 2 is 2.06 bits per heavy atom. The van der Waals surface area contributed by atoms with Gasteiger partial charge in [0.25, 0.3) is 0 Å². The standard InChI is InChI=1S/C10H12N2O3S/c1-16(14,15)12-8-5-3-2-4-7(8)6-9(12)10(11)13/h2-5,9H,6H2,1H3,(H2,11,13). The fraction of sp³-hybridized carbons (Fsp3) is 0.300. The van der Waals surface area contributed by atoms with Crippen molar-refractivity contribution in [1.29, 1.82) is 0 Å². The molecular weight excluding hydrogens is 228 g/mol. The predicted octanol–water partition coefficient (Wildman–Crippen LogP) is -0.137. The van der Waals surface area contributed by atoms with Crippen LogP contribution in [0, 0.1) is 0 Å². The lowest BCUT2D eigenvalue weighted by atomic mass is 10.1. The van der Waals surface area contributed by atoms with Gasteiger partial charge in [0.05, 0.1) is 11.9 Å². The molecule has 0 saturated carbocycles. The Hall–Kier alpha value is -1.56. The maximum Gasteiger partial charge on any atom is 0.241 e. The van der Waals surface area contributed by atoms with Crippen molar-refractivity contribution in [2.45, 2.75) is 12.5 Å². The van der Waals surface area contributed by atoms with Crippen molar-refractivity contribution in [2.24, 2.45) is 5.73 Å². The van der Waals surface area contributed by atoms with Crippen LogP contribution in [-0.2, 0) is 21.2 Å². The number of sulfonamides is 1. The summed E-state index contributed by atoms with van der Waals surface area (Å²) < 4.78 is 24.4. The van der Waals surface area contributed by atoms with E-state index in [0.717, 1.165) is 16.1 Å². The van der Waals surface area contributed by atoms with Gasteiger partial charge in [-0.15, -0.1) is 0 Å². The second kappa shape index (κ2) is 3.48. The molecule has 0 fully saturated rings. The van der Waals surface area contributed by atoms with Crippen LogP contribution in [0.25, 0.3) is 0 Å². The molecule has 0 radical (unpaired) electrons. The van der Waals surface area contributed by atoms with Gasteiger partial charge < -0.3 is 5.73 Å². The van der Waals surface area contributed by atoms with Crippen molar-refractivity contribution < 1.29 is 13.2 Å². The van der Waals surface area contributed by atoms with Crippen LogP contribution < -0.4 is 10.0 Å². The molecule has 0 aliphatic carbocycles. The molecule has 1 aromatic rings. The minimum atomic E-state index is -3.48. The first-order valence-electron chi connectivity index (χ1n) is 4.78. The molecule has 0 bridgehead atoms. The molecule has 86 valence electrons. The number of carbonyl (C=O) groups is 1. The summed E-state index contributed by atoms with van der Waals surface area (Å²) >= 11 is 0. The average molecular weight is 240 g/mol. The fourth-order valence-corrected chi connectivity index (χ4v) is 3.16. The Kier molecular flexibility index (Phi) is 2.38. The molecule has 2 rings (SSSR count). The molecule has 1 aliphatic rings. The van der Waals surface area contributed by atoms with Crippen molar-refractivity contribution in [3.63, 3.8) is 0 Å². The molecule has 1 amide bonds. The summed E-state index contributed by atoms with van der Waals surface area (Å²) in [6.45, 7) is 0. The topological polar surface area (TPSA) is 80.5 Å². The molecule has 1 aliphatic heterocycles. The number of benzene rings is 1. The van der Waals surface area contributed by atoms with Crippen LogP contribution in [0.1, 0.15) is 5.56 Å². The number of hydrogen-bond acceptors (Lipinski definition) is 3. The Morgan fingerprint density at radius 1 is 1.44 bits per heavy atom. The maximum atomic E-state index is 11.6. The van der Waals surface area contributed by atoms with E-state index >= 15 is 0 Å². The predicted molar refractivity (Wildman–Crippen MR) is 60.5 cm³/mol. The van der Waals surface area contributed by atoms with Gasteiger partial charge >= 0.3 is 0 Å². The summed E-state index contributed by atoms with van der Waals surface area (Å²) in [4.78, 5) is 11.2. The highest BCUT2D eigenvalue weighted by molar-refractivity contribution is 7.92. The van der Waals surface area contributed by atoms with Crippen LogP contribution in [0.15, 0.2) is 24.3 Å². The lowest BCUT2D eigenvalue weighted by Crippen LogP contribution is -2.45. The van der Waals surface area contributed by atoms with Gasteiger partial charge in [-0.3, -0.25) is 9.10 Å². The van der Waals surface area contributed by atoms with Crippen molar-refractivity contribution in [3.8, 4) is 0 Å². The minimum Gasteiger partial charge on any atom is -0.368 e. The number of hydrogen-bond donors (Lipinski definition) is 1. The molecule has 0 aromatic heterocycles. The summed E-state index contributed by atoms with van der Waals surface area (Å²) in [5.41, 5.74) is 6.60. The highest BCUT2D eigenvalue weighted by atomic mass is 32.2. The Morgan fingerprint density at radius 3 is 2.62 bits per heavy atom. The fourth-order valence-electron chi connectivity index (χ4n) is 1.98. The first kappa shape index (κ1) is 10.9. The van der Waals surface area contributed by atoms with Gasteiger partial charge in [-0.1, -0.05) is 18.2 Å². The number of amides is 1. The molecule has 0 saturated heterocycles. The monoisotopic (exact) mass is 240 g/mol. The number of nitrogens with zero attached hydrogens (tertiary/aromatic N) is 1. The lowest BCUT2D eigenvalue weighted by molar-refractivity contribution is -0.118. The van der Waals surface area contributed by atoms with Crippen LogP contribution >= 0.6 is 0 Å². The van der Waals surface area contributed by atoms with Crippen molar-refractivity contribution in [1.82, 2.24) is 0 Å². The zero-order chi connectivity index (χ0) is 11.9. The summed E-state index contributed by atoms with van der Waals surface area (Å²) in [6.07, 6.45) is 1.42. The molecule has 2 N–H and O–H groups in total. The second-order valence-corrected chi connectivity index (χ2v) is 5.67. The quantitative estimate of drug-likeness (QED) is 0.781. The third-order valence-corrected chi connectivity index (χ3v) is 3.78. The average Bonchev–Trinajstić information content (AvgIpc) is 2.55. The van der Waals surface area contributed by atoms with E-state index in [9.17, 15) is 13.2 Å². The molecular formula is C10H12N2O3S. The number of anilines is 1. The Bertz CT molecular complexity index is 539. The number of carbonyl (C=O) groups excluding carboxylic acids is 1. The molecule has 1 aromatic carbocycles. The van der Waals surface area contributed by atoms with Gasteiger partial charge in [-0.25, -0.2) is 8.42 Å². The maximum absolute atomic E-state index is 11.6. The highest BCUT2D eigenvalue weighted by Crippen LogP contribution is 2.33. The summed E-state index contributed by atoms with van der Waals surface area (Å²) in [6, 6.07) is 6.23. The number of para-hydroxylation sites is 1. The molecule has 16 heavy (non-hydrogen) atoms. The first-order chi connectivity index (χ1) is 7.41. The zero-order valence-corrected chi connectivity index (χ0v) is 9.57. The Balaban J connectivity index is 2.57. The van der Waals surface area contributed by atoms with E-state index in [2.05, 4.69) is 0 Å². The Labute approximate surface area is 93.9 Å². The van der Waals surface area contributed by atoms with Crippen LogP contribution in [0.5, 0.6) is 0 Å². The molecule has 5 nitrogen and oxygen atoms in total. The van der Waals surface area contributed by atoms with Crippen LogP contribution in [0.3, 0.4) is 0 Å². The molecule has 1 heterocycles. The first-order valence-corrected chi connectivity index (χ1v) is 6.62. The molecule has 1 unspecified atom stereocenters. The third-order valence-electron chi connectivity index (χ3n) is 2.61. The van der Waals surface area contributed by atoms with Crippen molar-refractivity contribution in [3.05, 3.63) is 29.8 Å². The smallest absolute Gasteiger partial charge is 0.241 e. The van der Waals surface area contributed by atoms with E-state index in [1.54, 1.807) is 18.2 Å². The van der Waals surface area contributed by atoms with Crippen molar-refractivity contribution >= 4 is 21.6 Å². The zero-order valence-electron chi connectivity index (χ0n) is 8.75. The van der Waals surface area contributed by atoms with E-state index in [0.29, 0.717) is 12.1 Å². The van der Waals surface area contributed by atoms with Gasteiger partial charge in [-0.05, 0) is 11.6 Å². The summed E-state index contributed by atoms with van der Waals surface area (Å²) in [7, 11) is -3.48. The lowest BCUT2D eigenvalue weighted by Gasteiger charge is -2.22. The molecule has 0 spiro atoms. The summed E-state index contributed by atoms with van der Waals surface area (Å²) in [5.74, 6) is -0.623. The van der Waals surface area contributed by atoms with Gasteiger partial charge in [0.2, 0.25) is 15.9 Å². The van der Waals surface area contributed by atoms with Crippen molar-refractivity contribution in [2.75, 3.05) is 10.6 Å². The number of fused-ring (bicyclic) bond motifs is 1. The van der Waals surface area contributed by atoms with Gasteiger partial charge in [0.1, 0.15) is 6.04 Å². The van der Waals surface area contributed by atoms with Crippen LogP contribution in [-0.4, -0.2) is 26.6 Å². The van der Waals surface area contributed by atoms with Gasteiger partial charge in [0.15, 0.2) is 0 Å². The van der Waals surface area contributed by atoms with Gasteiger partial charge in [-0.2, -0.15) is 0 Å². The minimum absolute atomic E-state index is 0.346. The molecule has 6 heteroatoms. The van der Waals surface area contributed by atoms with E-state index in [-0.39, 0.29) is 0 Å². The highest BCUT2D eigenvalue weighted by Gasteiger charge is 2.38. The van der Waals surface area contributed by atoms with Crippen LogP contribution in [0.4, 0.5) is 5.69 Å². The number of primary amides is 1. The van der Waals surface area contributed by atoms with E-state index in [1.807, 2.05) is 6.07 Å². The van der Waals surface area contributed by atoms with Gasteiger partial charge in [0, 0.05) is 6.42 Å². The van der Waals surface area contributed by atoms with E-state index in [1.165, 1.54) is 0 Å². The third kappa shape index (κ3) is 1.65. The number of rotatable bonds is 2. The largest absolute Gasteiger partial charge is 0.368 e.